The van der Waals surface area contributed by atoms with Crippen molar-refractivity contribution in [2.75, 3.05) is 28.4 Å². The Morgan fingerprint density at radius 3 is 2.52 bits per heavy atom. The monoisotopic (exact) mass is 543 g/mol. The Labute approximate surface area is 233 Å². The van der Waals surface area contributed by atoms with Gasteiger partial charge in [0, 0.05) is 18.2 Å². The summed E-state index contributed by atoms with van der Waals surface area (Å²) < 4.78 is 24.3. The standard InChI is InChI=1S/C31H33N3O6/c1-37-27-15-13-22-23(17-26(27)36)24(14-12-20-16-28(38-2)30(39-3)31(40-4)29(20)22)34-18-21(32-33-34)10-7-11-25(35)19-8-5-6-9-19/h5-6,8,13,15-18,24H,7,9-12,14H2,1-4H3/t24-/m0/s1. The summed E-state index contributed by atoms with van der Waals surface area (Å²) in [5.74, 6) is 2.01. The lowest BCUT2D eigenvalue weighted by molar-refractivity contribution is -0.115. The van der Waals surface area contributed by atoms with Crippen LogP contribution in [0.3, 0.4) is 0 Å². The van der Waals surface area contributed by atoms with Gasteiger partial charge in [0.2, 0.25) is 11.2 Å². The molecule has 0 unspecified atom stereocenters. The van der Waals surface area contributed by atoms with Gasteiger partial charge in [0.15, 0.2) is 23.0 Å². The van der Waals surface area contributed by atoms with Gasteiger partial charge in [-0.15, -0.1) is 5.10 Å². The number of aryl methyl sites for hydroxylation is 2. The van der Waals surface area contributed by atoms with Gasteiger partial charge in [0.25, 0.3) is 0 Å². The summed E-state index contributed by atoms with van der Waals surface area (Å²) in [6, 6.07) is 6.88. The molecule has 2 aliphatic carbocycles. The molecule has 208 valence electrons. The molecule has 0 amide bonds. The second kappa shape index (κ2) is 11.8. The average molecular weight is 544 g/mol. The molecule has 40 heavy (non-hydrogen) atoms. The quantitative estimate of drug-likeness (QED) is 0.364. The van der Waals surface area contributed by atoms with Crippen molar-refractivity contribution in [1.29, 1.82) is 0 Å². The van der Waals surface area contributed by atoms with Gasteiger partial charge in [-0.3, -0.25) is 9.59 Å². The van der Waals surface area contributed by atoms with Crippen LogP contribution in [0, 0.1) is 0 Å². The first-order valence-electron chi connectivity index (χ1n) is 13.3. The van der Waals surface area contributed by atoms with Crippen LogP contribution in [-0.2, 0) is 17.6 Å². The third-order valence-corrected chi connectivity index (χ3v) is 7.53. The highest BCUT2D eigenvalue weighted by Crippen LogP contribution is 2.50. The summed E-state index contributed by atoms with van der Waals surface area (Å²) >= 11 is 0. The molecule has 5 rings (SSSR count). The maximum absolute atomic E-state index is 13.1. The van der Waals surface area contributed by atoms with E-state index in [0.29, 0.717) is 55.8 Å². The van der Waals surface area contributed by atoms with Gasteiger partial charge in [0.1, 0.15) is 0 Å². The number of ketones is 1. The molecule has 0 fully saturated rings. The maximum atomic E-state index is 13.1. The minimum Gasteiger partial charge on any atom is -0.493 e. The highest BCUT2D eigenvalue weighted by molar-refractivity contribution is 5.96. The zero-order chi connectivity index (χ0) is 28.2. The van der Waals surface area contributed by atoms with E-state index in [4.69, 9.17) is 18.9 Å². The first kappa shape index (κ1) is 27.2. The maximum Gasteiger partial charge on any atom is 0.220 e. The molecule has 1 heterocycles. The third kappa shape index (κ3) is 5.11. The number of carbonyl (C=O) groups is 1. The highest BCUT2D eigenvalue weighted by atomic mass is 16.5. The second-order valence-electron chi connectivity index (χ2n) is 9.80. The number of carbonyl (C=O) groups excluding carboxylic acids is 1. The molecule has 1 aromatic heterocycles. The minimum absolute atomic E-state index is 0.178. The lowest BCUT2D eigenvalue weighted by atomic mass is 9.95. The van der Waals surface area contributed by atoms with Gasteiger partial charge in [0.05, 0.1) is 40.2 Å². The molecular formula is C31H33N3O6. The lowest BCUT2D eigenvalue weighted by Gasteiger charge is -2.19. The van der Waals surface area contributed by atoms with E-state index in [9.17, 15) is 9.59 Å². The number of fused-ring (bicyclic) bond motifs is 3. The summed E-state index contributed by atoms with van der Waals surface area (Å²) in [5, 5.41) is 8.87. The number of ether oxygens (including phenoxy) is 4. The van der Waals surface area contributed by atoms with Gasteiger partial charge in [-0.2, -0.15) is 0 Å². The number of rotatable bonds is 10. The van der Waals surface area contributed by atoms with Crippen LogP contribution in [0.1, 0.15) is 48.5 Å². The van der Waals surface area contributed by atoms with Crippen LogP contribution >= 0.6 is 0 Å². The summed E-state index contributed by atoms with van der Waals surface area (Å²) in [6.07, 6.45) is 11.6. The largest absolute Gasteiger partial charge is 0.493 e. The molecule has 2 aromatic carbocycles. The van der Waals surface area contributed by atoms with Crippen LogP contribution in [0.4, 0.5) is 0 Å². The molecule has 9 heteroatoms. The molecule has 0 aliphatic heterocycles. The van der Waals surface area contributed by atoms with Crippen molar-refractivity contribution in [3.8, 4) is 34.1 Å². The molecule has 0 bridgehead atoms. The van der Waals surface area contributed by atoms with Crippen molar-refractivity contribution in [2.45, 2.75) is 44.6 Å². The highest BCUT2D eigenvalue weighted by Gasteiger charge is 2.30. The van der Waals surface area contributed by atoms with Crippen LogP contribution in [0.25, 0.3) is 11.1 Å². The van der Waals surface area contributed by atoms with Gasteiger partial charge >= 0.3 is 0 Å². The van der Waals surface area contributed by atoms with E-state index in [2.05, 4.69) is 10.3 Å². The number of Topliss-reactive ketones (excluding diaryl/α,β-unsaturated/α-hetero) is 1. The van der Waals surface area contributed by atoms with Gasteiger partial charge in [-0.05, 0) is 72.6 Å². The topological polar surface area (TPSA) is 102 Å². The van der Waals surface area contributed by atoms with Crippen LogP contribution in [0.2, 0.25) is 0 Å². The Hall–Kier alpha value is -4.40. The van der Waals surface area contributed by atoms with E-state index in [0.717, 1.165) is 33.5 Å². The van der Waals surface area contributed by atoms with E-state index < -0.39 is 0 Å². The molecular weight excluding hydrogens is 510 g/mol. The molecule has 0 N–H and O–H groups in total. The van der Waals surface area contributed by atoms with Crippen molar-refractivity contribution < 1.29 is 23.7 Å². The smallest absolute Gasteiger partial charge is 0.220 e. The van der Waals surface area contributed by atoms with Crippen LogP contribution < -0.4 is 24.4 Å². The van der Waals surface area contributed by atoms with Crippen LogP contribution in [0.5, 0.6) is 23.0 Å². The average Bonchev–Trinajstić information content (AvgIpc) is 3.61. The van der Waals surface area contributed by atoms with Crippen molar-refractivity contribution in [3.63, 3.8) is 0 Å². The minimum atomic E-state index is -0.272. The van der Waals surface area contributed by atoms with Gasteiger partial charge in [-0.25, -0.2) is 4.68 Å². The number of hydrogen-bond acceptors (Lipinski definition) is 8. The van der Waals surface area contributed by atoms with E-state index in [1.807, 2.05) is 41.2 Å². The van der Waals surface area contributed by atoms with Crippen LogP contribution in [-0.4, -0.2) is 49.2 Å². The predicted molar refractivity (Wildman–Crippen MR) is 151 cm³/mol. The van der Waals surface area contributed by atoms with Crippen molar-refractivity contribution in [3.05, 3.63) is 81.3 Å². The number of benzene rings is 1. The number of aromatic nitrogens is 3. The molecule has 9 nitrogen and oxygen atoms in total. The van der Waals surface area contributed by atoms with Crippen molar-refractivity contribution in [1.82, 2.24) is 15.0 Å². The summed E-state index contributed by atoms with van der Waals surface area (Å²) in [4.78, 5) is 25.5. The van der Waals surface area contributed by atoms with E-state index in [1.165, 1.54) is 7.11 Å². The Bertz CT molecular complexity index is 1560. The van der Waals surface area contributed by atoms with Crippen molar-refractivity contribution in [2.24, 2.45) is 0 Å². The third-order valence-electron chi connectivity index (χ3n) is 7.53. The Morgan fingerprint density at radius 2 is 1.82 bits per heavy atom. The zero-order valence-corrected chi connectivity index (χ0v) is 23.2. The lowest BCUT2D eigenvalue weighted by Crippen LogP contribution is -2.13. The van der Waals surface area contributed by atoms with E-state index in [-0.39, 0.29) is 23.0 Å². The Balaban J connectivity index is 1.53. The van der Waals surface area contributed by atoms with Crippen molar-refractivity contribution >= 4 is 5.78 Å². The molecule has 3 aromatic rings. The first-order valence-corrected chi connectivity index (χ1v) is 13.3. The van der Waals surface area contributed by atoms with E-state index in [1.54, 1.807) is 33.5 Å². The molecule has 2 aliphatic rings. The molecule has 0 radical (unpaired) electrons. The Kier molecular flexibility index (Phi) is 8.00. The summed E-state index contributed by atoms with van der Waals surface area (Å²) in [5.41, 5.74) is 4.87. The number of hydrogen-bond donors (Lipinski definition) is 0. The number of nitrogens with zero attached hydrogens (tertiary/aromatic N) is 3. The number of allylic oxidation sites excluding steroid dienone is 4. The van der Waals surface area contributed by atoms with Crippen LogP contribution in [0.15, 0.2) is 59.1 Å². The fourth-order valence-corrected chi connectivity index (χ4v) is 5.55. The fourth-order valence-electron chi connectivity index (χ4n) is 5.55. The fraction of sp³-hybridized carbons (Fsp3) is 0.355. The summed E-state index contributed by atoms with van der Waals surface area (Å²) in [6.45, 7) is 0. The number of methoxy groups -OCH3 is 4. The molecule has 0 saturated carbocycles. The van der Waals surface area contributed by atoms with Gasteiger partial charge < -0.3 is 18.9 Å². The normalized spacial score (nSPS) is 15.5. The SMILES string of the molecule is COc1cc2c(c(OC)c1OC)-c1ccc(OC)c(=O)cc1[C@@H](n1cc(CCCC(=O)C3=CC=CC3)nn1)CC2. The molecule has 0 spiro atoms. The first-order chi connectivity index (χ1) is 19.5. The Morgan fingerprint density at radius 1 is 1.02 bits per heavy atom. The molecule has 1 atom stereocenters. The zero-order valence-electron chi connectivity index (χ0n) is 23.2. The predicted octanol–water partition coefficient (Wildman–Crippen LogP) is 4.65. The van der Waals surface area contributed by atoms with E-state index >= 15 is 0 Å². The summed E-state index contributed by atoms with van der Waals surface area (Å²) in [7, 11) is 6.24. The second-order valence-corrected chi connectivity index (χ2v) is 9.80. The molecule has 0 saturated heterocycles. The van der Waals surface area contributed by atoms with Gasteiger partial charge in [-0.1, -0.05) is 29.5 Å².